The van der Waals surface area contributed by atoms with E-state index in [0.717, 1.165) is 16.1 Å². The second-order valence-corrected chi connectivity index (χ2v) is 6.57. The van der Waals surface area contributed by atoms with E-state index in [2.05, 4.69) is 17.4 Å². The third kappa shape index (κ3) is 5.99. The number of carbonyl (C=O) groups is 1. The molecule has 0 unspecified atom stereocenters. The Kier molecular flexibility index (Phi) is 10.6. The second-order valence-electron chi connectivity index (χ2n) is 5.56. The van der Waals surface area contributed by atoms with Gasteiger partial charge in [-0.1, -0.05) is 36.4 Å². The number of hydrogen-bond acceptors (Lipinski definition) is 4. The molecule has 0 spiro atoms. The molecule has 0 atom stereocenters. The lowest BCUT2D eigenvalue weighted by Crippen LogP contribution is -2.04. The van der Waals surface area contributed by atoms with Gasteiger partial charge in [-0.25, -0.2) is 22.0 Å². The first-order valence-corrected chi connectivity index (χ1v) is 9.58. The number of hydrogen-bond donors (Lipinski definition) is 1. The Morgan fingerprint density at radius 1 is 0.806 bits per heavy atom. The molecule has 3 rings (SSSR count). The third-order valence-electron chi connectivity index (χ3n) is 3.88. The number of halogens is 5. The highest BCUT2D eigenvalue weighted by Gasteiger charge is 2.26. The molecule has 31 heavy (non-hydrogen) atoms. The summed E-state index contributed by atoms with van der Waals surface area (Å²) in [5.41, 5.74) is 5.02. The van der Waals surface area contributed by atoms with Gasteiger partial charge in [0.05, 0.1) is 11.3 Å². The molecule has 3 aromatic rings. The van der Waals surface area contributed by atoms with Gasteiger partial charge in [-0.3, -0.25) is 4.99 Å². The van der Waals surface area contributed by atoms with Gasteiger partial charge in [-0.15, -0.1) is 11.8 Å². The van der Waals surface area contributed by atoms with Crippen LogP contribution in [0, 0.1) is 29.1 Å². The molecule has 0 aliphatic heterocycles. The predicted molar refractivity (Wildman–Crippen MR) is 114 cm³/mol. The summed E-state index contributed by atoms with van der Waals surface area (Å²) >= 11 is 1.49. The van der Waals surface area contributed by atoms with E-state index in [1.807, 2.05) is 31.1 Å². The van der Waals surface area contributed by atoms with Crippen LogP contribution in [0.3, 0.4) is 0 Å². The van der Waals surface area contributed by atoms with Crippen LogP contribution < -0.4 is 5.73 Å². The lowest BCUT2D eigenvalue weighted by atomic mass is 10.0. The van der Waals surface area contributed by atoms with Crippen molar-refractivity contribution < 1.29 is 26.7 Å². The van der Waals surface area contributed by atoms with Crippen LogP contribution in [0.25, 0.3) is 11.1 Å². The predicted octanol–water partition coefficient (Wildman–Crippen LogP) is 6.06. The molecular formula is C22H19F5N2OS. The Hall–Kier alpha value is -3.04. The highest BCUT2D eigenvalue weighted by Crippen LogP contribution is 2.34. The summed E-state index contributed by atoms with van der Waals surface area (Å²) in [4.78, 5) is 12.8. The average Bonchev–Trinajstić information content (AvgIpc) is 2.83. The van der Waals surface area contributed by atoms with E-state index in [9.17, 15) is 22.0 Å². The number of thioether (sulfide) groups is 1. The minimum Gasteiger partial charge on any atom is -0.333 e. The summed E-state index contributed by atoms with van der Waals surface area (Å²) in [6.45, 7) is 5.51. The van der Waals surface area contributed by atoms with E-state index in [4.69, 9.17) is 4.79 Å². The van der Waals surface area contributed by atoms with Crippen LogP contribution in [-0.4, -0.2) is 20.6 Å². The Bertz CT molecular complexity index is 1000. The fourth-order valence-electron chi connectivity index (χ4n) is 2.50. The van der Waals surface area contributed by atoms with Gasteiger partial charge < -0.3 is 10.5 Å². The number of benzene rings is 3. The lowest BCUT2D eigenvalue weighted by Gasteiger charge is -2.10. The minimum absolute atomic E-state index is 0.0929. The van der Waals surface area contributed by atoms with Gasteiger partial charge in [0.25, 0.3) is 0 Å². The van der Waals surface area contributed by atoms with Crippen molar-refractivity contribution in [2.45, 2.75) is 10.6 Å². The highest BCUT2D eigenvalue weighted by molar-refractivity contribution is 7.98. The first kappa shape index (κ1) is 26.0. The van der Waals surface area contributed by atoms with Crippen LogP contribution in [0.1, 0.15) is 5.56 Å². The third-order valence-corrected chi connectivity index (χ3v) is 5.02. The van der Waals surface area contributed by atoms with Crippen molar-refractivity contribution in [3.05, 3.63) is 83.2 Å². The Balaban J connectivity index is 0.00000113. The maximum absolute atomic E-state index is 13.9. The molecule has 0 fully saturated rings. The second kappa shape index (κ2) is 12.6. The first-order valence-electron chi connectivity index (χ1n) is 8.60. The molecule has 0 aliphatic carbocycles. The molecule has 164 valence electrons. The van der Waals surface area contributed by atoms with Gasteiger partial charge in [-0.2, -0.15) is 0 Å². The maximum atomic E-state index is 13.9. The maximum Gasteiger partial charge on any atom is 0.200 e. The van der Waals surface area contributed by atoms with E-state index in [1.54, 1.807) is 12.1 Å². The largest absolute Gasteiger partial charge is 0.333 e. The molecular weight excluding hydrogens is 435 g/mol. The van der Waals surface area contributed by atoms with Crippen molar-refractivity contribution in [3.63, 3.8) is 0 Å². The summed E-state index contributed by atoms with van der Waals surface area (Å²) in [5.74, 6) is -9.26. The van der Waals surface area contributed by atoms with Gasteiger partial charge in [0.15, 0.2) is 23.3 Å². The Labute approximate surface area is 180 Å². The van der Waals surface area contributed by atoms with Crippen molar-refractivity contribution in [1.29, 1.82) is 0 Å². The molecule has 0 aromatic heterocycles. The molecule has 9 heteroatoms. The van der Waals surface area contributed by atoms with Crippen LogP contribution >= 0.6 is 11.8 Å². The smallest absolute Gasteiger partial charge is 0.200 e. The standard InChI is InChI=1S/C20H12F5NS.CH5N.CH2O/c1-26-13-4-2-3-5-14(13)27-10-11-6-8-12(9-7-11)15-16(21)18(23)20(25)19(24)17(15)22;2*1-2/h2-9H,1,10H2;2H2,1H3;1H2. The molecule has 0 aliphatic rings. The van der Waals surface area contributed by atoms with E-state index in [0.29, 0.717) is 5.75 Å². The van der Waals surface area contributed by atoms with Crippen LogP contribution in [-0.2, 0) is 10.5 Å². The fraction of sp³-hybridized carbons (Fsp3) is 0.0909. The van der Waals surface area contributed by atoms with E-state index < -0.39 is 34.6 Å². The van der Waals surface area contributed by atoms with Gasteiger partial charge in [0.1, 0.15) is 6.79 Å². The lowest BCUT2D eigenvalue weighted by molar-refractivity contribution is -0.0980. The number of rotatable bonds is 5. The summed E-state index contributed by atoms with van der Waals surface area (Å²) in [7, 11) is 1.50. The quantitative estimate of drug-likeness (QED) is 0.168. The molecule has 0 saturated heterocycles. The van der Waals surface area contributed by atoms with Gasteiger partial charge >= 0.3 is 0 Å². The van der Waals surface area contributed by atoms with Crippen molar-refractivity contribution in [3.8, 4) is 11.1 Å². The fourth-order valence-corrected chi connectivity index (χ4v) is 3.47. The number of aliphatic imine (C=N–C) groups is 1. The van der Waals surface area contributed by atoms with Crippen LogP contribution in [0.5, 0.6) is 0 Å². The average molecular weight is 454 g/mol. The van der Waals surface area contributed by atoms with Crippen LogP contribution in [0.15, 0.2) is 58.4 Å². The summed E-state index contributed by atoms with van der Waals surface area (Å²) in [5, 5.41) is 0. The van der Waals surface area contributed by atoms with Crippen molar-refractivity contribution in [2.75, 3.05) is 7.05 Å². The van der Waals surface area contributed by atoms with Gasteiger partial charge in [-0.05, 0) is 37.0 Å². The molecule has 3 nitrogen and oxygen atoms in total. The summed E-state index contributed by atoms with van der Waals surface area (Å²) in [6.07, 6.45) is 0. The van der Waals surface area contributed by atoms with Crippen molar-refractivity contribution in [2.24, 2.45) is 10.7 Å². The SMILES string of the molecule is C=Nc1ccccc1SCc1ccc(-c2c(F)c(F)c(F)c(F)c2F)cc1.C=O.CN. The van der Waals surface area contributed by atoms with Crippen molar-refractivity contribution >= 4 is 31.0 Å². The highest BCUT2D eigenvalue weighted by atomic mass is 32.2. The zero-order valence-corrected chi connectivity index (χ0v) is 17.3. The van der Waals surface area contributed by atoms with Crippen LogP contribution in [0.4, 0.5) is 27.6 Å². The van der Waals surface area contributed by atoms with E-state index >= 15 is 0 Å². The van der Waals surface area contributed by atoms with E-state index in [-0.39, 0.29) is 5.56 Å². The zero-order valence-electron chi connectivity index (χ0n) is 16.5. The topological polar surface area (TPSA) is 55.5 Å². The molecule has 0 heterocycles. The molecule has 0 radical (unpaired) electrons. The van der Waals surface area contributed by atoms with E-state index in [1.165, 1.54) is 30.9 Å². The van der Waals surface area contributed by atoms with Crippen LogP contribution in [0.2, 0.25) is 0 Å². The minimum atomic E-state index is -2.17. The number of nitrogens with two attached hydrogens (primary N) is 1. The molecule has 3 aromatic carbocycles. The number of para-hydroxylation sites is 1. The summed E-state index contributed by atoms with van der Waals surface area (Å²) < 4.78 is 67.7. The first-order chi connectivity index (χ1) is 14.9. The molecule has 0 amide bonds. The molecule has 2 N–H and O–H groups in total. The zero-order chi connectivity index (χ0) is 23.6. The van der Waals surface area contributed by atoms with Gasteiger partial charge in [0, 0.05) is 10.6 Å². The summed E-state index contributed by atoms with van der Waals surface area (Å²) in [6, 6.07) is 13.2. The molecule has 0 saturated carbocycles. The Morgan fingerprint density at radius 3 is 1.81 bits per heavy atom. The Morgan fingerprint density at radius 2 is 1.29 bits per heavy atom. The van der Waals surface area contributed by atoms with Gasteiger partial charge in [0.2, 0.25) is 5.82 Å². The van der Waals surface area contributed by atoms with Crippen molar-refractivity contribution in [1.82, 2.24) is 0 Å². The molecule has 0 bridgehead atoms. The normalized spacial score (nSPS) is 9.77. The number of nitrogens with zero attached hydrogens (tertiary/aromatic N) is 1. The number of carbonyl (C=O) groups excluding carboxylic acids is 1. The monoisotopic (exact) mass is 454 g/mol.